The summed E-state index contributed by atoms with van der Waals surface area (Å²) in [5, 5.41) is 8.69. The first-order chi connectivity index (χ1) is 15.6. The third kappa shape index (κ3) is 3.67. The molecule has 8 nitrogen and oxygen atoms in total. The quantitative estimate of drug-likeness (QED) is 0.646. The van der Waals surface area contributed by atoms with Crippen molar-refractivity contribution < 1.29 is 47.4 Å². The van der Waals surface area contributed by atoms with E-state index < -0.39 is 53.9 Å². The van der Waals surface area contributed by atoms with Gasteiger partial charge in [0.25, 0.3) is 0 Å². The van der Waals surface area contributed by atoms with Gasteiger partial charge in [-0.15, -0.1) is 0 Å². The topological polar surface area (TPSA) is 92.7 Å². The van der Waals surface area contributed by atoms with E-state index in [1.807, 2.05) is 6.92 Å². The van der Waals surface area contributed by atoms with E-state index in [2.05, 4.69) is 6.92 Å². The van der Waals surface area contributed by atoms with Crippen LogP contribution in [0.5, 0.6) is 11.5 Å². The van der Waals surface area contributed by atoms with Gasteiger partial charge in [-0.1, -0.05) is 13.8 Å². The maximum absolute atomic E-state index is 14.7. The van der Waals surface area contributed by atoms with Crippen LogP contribution in [0.1, 0.15) is 46.5 Å². The molecule has 33 heavy (non-hydrogen) atoms. The summed E-state index contributed by atoms with van der Waals surface area (Å²) in [4.78, 5) is 22.4. The highest BCUT2D eigenvalue weighted by Gasteiger charge is 2.69. The number of rotatable bonds is 5. The van der Waals surface area contributed by atoms with E-state index in [1.54, 1.807) is 6.92 Å². The number of ether oxygens (including phenoxy) is 4. The van der Waals surface area contributed by atoms with Crippen LogP contribution in [0.15, 0.2) is 12.1 Å². The molecule has 8 atom stereocenters. The van der Waals surface area contributed by atoms with Crippen LogP contribution in [0.3, 0.4) is 0 Å². The van der Waals surface area contributed by atoms with Crippen LogP contribution >= 0.6 is 0 Å². The molecule has 4 heterocycles. The first-order valence-corrected chi connectivity index (χ1v) is 11.3. The molecular weight excluding hydrogens is 442 g/mol. The Labute approximate surface area is 190 Å². The Balaban J connectivity index is 1.42. The number of hydrogen-bond acceptors (Lipinski definition) is 7. The molecule has 1 spiro atoms. The Morgan fingerprint density at radius 3 is 2.58 bits per heavy atom. The van der Waals surface area contributed by atoms with Crippen molar-refractivity contribution in [2.75, 3.05) is 6.61 Å². The molecule has 5 aliphatic rings. The zero-order chi connectivity index (χ0) is 23.5. The van der Waals surface area contributed by atoms with E-state index in [1.165, 1.54) is 0 Å². The summed E-state index contributed by atoms with van der Waals surface area (Å²) >= 11 is 0. The number of carbonyl (C=O) groups is 1. The first-order valence-electron chi connectivity index (χ1n) is 11.3. The van der Waals surface area contributed by atoms with Crippen LogP contribution < -0.4 is 9.47 Å². The third-order valence-electron chi connectivity index (χ3n) is 7.67. The molecule has 1 saturated carbocycles. The lowest BCUT2D eigenvalue weighted by atomic mass is 9.58. The van der Waals surface area contributed by atoms with Gasteiger partial charge in [-0.05, 0) is 38.0 Å². The molecule has 1 aliphatic carbocycles. The van der Waals surface area contributed by atoms with Crippen LogP contribution in [-0.4, -0.2) is 41.7 Å². The van der Waals surface area contributed by atoms with Gasteiger partial charge in [0.1, 0.15) is 5.75 Å². The van der Waals surface area contributed by atoms with Crippen molar-refractivity contribution >= 4 is 5.97 Å². The average molecular weight is 470 g/mol. The first kappa shape index (κ1) is 22.8. The monoisotopic (exact) mass is 470 g/mol. The molecule has 6 rings (SSSR count). The second-order valence-corrected chi connectivity index (χ2v) is 9.79. The van der Waals surface area contributed by atoms with Crippen LogP contribution in [0.2, 0.25) is 0 Å². The van der Waals surface area contributed by atoms with Gasteiger partial charge in [-0.2, -0.15) is 0 Å². The number of carboxylic acids is 1. The van der Waals surface area contributed by atoms with Gasteiger partial charge >= 0.3 is 5.97 Å². The lowest BCUT2D eigenvalue weighted by molar-refractivity contribution is -0.575. The van der Waals surface area contributed by atoms with Crippen LogP contribution in [-0.2, 0) is 24.0 Å². The second-order valence-electron chi connectivity index (χ2n) is 9.79. The summed E-state index contributed by atoms with van der Waals surface area (Å²) < 4.78 is 52.4. The molecular formula is C23H28F2O8. The molecule has 0 aromatic heterocycles. The minimum atomic E-state index is -1.26. The molecule has 0 amide bonds. The van der Waals surface area contributed by atoms with Crippen molar-refractivity contribution in [3.63, 3.8) is 0 Å². The minimum absolute atomic E-state index is 0.0607. The third-order valence-corrected chi connectivity index (χ3v) is 7.67. The van der Waals surface area contributed by atoms with Crippen molar-refractivity contribution in [2.45, 2.75) is 70.4 Å². The molecule has 4 saturated heterocycles. The smallest absolute Gasteiger partial charge is 0.341 e. The van der Waals surface area contributed by atoms with E-state index in [4.69, 9.17) is 33.8 Å². The Bertz CT molecular complexity index is 920. The molecule has 0 unspecified atom stereocenters. The second kappa shape index (κ2) is 8.04. The molecule has 1 aromatic carbocycles. The Hall–Kier alpha value is -2.01. The van der Waals surface area contributed by atoms with E-state index in [-0.39, 0.29) is 23.5 Å². The Kier molecular flexibility index (Phi) is 5.55. The zero-order valence-corrected chi connectivity index (χ0v) is 18.7. The molecule has 1 aromatic rings. The van der Waals surface area contributed by atoms with E-state index in [9.17, 15) is 13.6 Å². The van der Waals surface area contributed by atoms with Crippen molar-refractivity contribution in [2.24, 2.45) is 23.7 Å². The summed E-state index contributed by atoms with van der Waals surface area (Å²) in [6.45, 7) is 5.19. The van der Waals surface area contributed by atoms with E-state index in [0.717, 1.165) is 31.4 Å². The van der Waals surface area contributed by atoms with Crippen LogP contribution in [0.4, 0.5) is 8.78 Å². The summed E-state index contributed by atoms with van der Waals surface area (Å²) in [5.41, 5.74) is -0.807. The molecule has 1 N–H and O–H groups in total. The molecule has 2 bridgehead atoms. The normalized spacial score (nSPS) is 41.7. The number of carboxylic acid groups (broad SMARTS) is 1. The molecule has 0 radical (unpaired) electrons. The summed E-state index contributed by atoms with van der Waals surface area (Å²) in [6, 6.07) is 1.77. The molecule has 4 aliphatic heterocycles. The Morgan fingerprint density at radius 1 is 1.15 bits per heavy atom. The number of hydrogen-bond donors (Lipinski definition) is 1. The van der Waals surface area contributed by atoms with Gasteiger partial charge < -0.3 is 24.1 Å². The summed E-state index contributed by atoms with van der Waals surface area (Å²) in [7, 11) is 0. The standard InChI is InChI=1S/C23H28F2O8/c1-11-4-5-15-12(2)20(29-19-16(24)8-13(9-17(19)25)28-10-18(26)27)30-21-23(15)14(11)6-7-22(3,31-21)32-33-23/h8-9,11-12,14-15,20-21H,4-7,10H2,1-3H3,(H,26,27)/t11-,12-,14+,15+,20+,21-,22-,23-/m1/s1. The highest BCUT2D eigenvalue weighted by Crippen LogP contribution is 2.60. The van der Waals surface area contributed by atoms with Gasteiger partial charge in [0.15, 0.2) is 35.9 Å². The maximum Gasteiger partial charge on any atom is 0.341 e. The van der Waals surface area contributed by atoms with Gasteiger partial charge in [0.2, 0.25) is 12.1 Å². The van der Waals surface area contributed by atoms with Crippen molar-refractivity contribution in [1.82, 2.24) is 0 Å². The fraction of sp³-hybridized carbons (Fsp3) is 0.696. The number of benzene rings is 1. The van der Waals surface area contributed by atoms with Crippen molar-refractivity contribution in [1.29, 1.82) is 0 Å². The maximum atomic E-state index is 14.7. The van der Waals surface area contributed by atoms with Gasteiger partial charge in [-0.25, -0.2) is 23.4 Å². The molecule has 182 valence electrons. The number of fused-ring (bicyclic) bond motifs is 2. The predicted molar refractivity (Wildman–Crippen MR) is 107 cm³/mol. The van der Waals surface area contributed by atoms with Gasteiger partial charge in [0.05, 0.1) is 0 Å². The van der Waals surface area contributed by atoms with Gasteiger partial charge in [0, 0.05) is 30.4 Å². The lowest BCUT2D eigenvalue weighted by Gasteiger charge is -2.60. The van der Waals surface area contributed by atoms with Crippen LogP contribution in [0.25, 0.3) is 0 Å². The molecule has 5 fully saturated rings. The van der Waals surface area contributed by atoms with Crippen molar-refractivity contribution in [3.8, 4) is 11.5 Å². The van der Waals surface area contributed by atoms with Crippen LogP contribution in [0, 0.1) is 35.3 Å². The number of aliphatic carboxylic acids is 1. The predicted octanol–water partition coefficient (Wildman–Crippen LogP) is 4.02. The van der Waals surface area contributed by atoms with E-state index in [0.29, 0.717) is 12.3 Å². The highest BCUT2D eigenvalue weighted by molar-refractivity contribution is 5.68. The largest absolute Gasteiger partial charge is 0.482 e. The SMILES string of the molecule is C[C@H]1[C@@H](Oc2c(F)cc(OCC(=O)O)cc2F)O[C@@H]2O[C@@]3(C)CC[C@H]4[C@H](C)CC[C@@H]1[C@@]24OO3. The highest BCUT2D eigenvalue weighted by atomic mass is 19.1. The minimum Gasteiger partial charge on any atom is -0.482 e. The summed E-state index contributed by atoms with van der Waals surface area (Å²) in [6.07, 6.45) is 1.53. The Morgan fingerprint density at radius 2 is 1.88 bits per heavy atom. The fourth-order valence-corrected chi connectivity index (χ4v) is 6.00. The van der Waals surface area contributed by atoms with Crippen molar-refractivity contribution in [3.05, 3.63) is 23.8 Å². The van der Waals surface area contributed by atoms with Gasteiger partial charge in [-0.3, -0.25) is 0 Å². The fourth-order valence-electron chi connectivity index (χ4n) is 6.00. The van der Waals surface area contributed by atoms with E-state index >= 15 is 0 Å². The summed E-state index contributed by atoms with van der Waals surface area (Å²) in [5.74, 6) is -4.91. The lowest BCUT2D eigenvalue weighted by Crippen LogP contribution is -2.70. The number of halogens is 2. The zero-order valence-electron chi connectivity index (χ0n) is 18.7. The molecule has 10 heteroatoms. The average Bonchev–Trinajstić information content (AvgIpc) is 2.98.